The lowest BCUT2D eigenvalue weighted by atomic mass is 10.2. The van der Waals surface area contributed by atoms with E-state index < -0.39 is 0 Å². The fourth-order valence-corrected chi connectivity index (χ4v) is 1.92. The maximum Gasteiger partial charge on any atom is 0.239 e. The van der Waals surface area contributed by atoms with Gasteiger partial charge in [0.15, 0.2) is 0 Å². The van der Waals surface area contributed by atoms with Crippen molar-refractivity contribution in [3.05, 3.63) is 35.6 Å². The minimum Gasteiger partial charge on any atom is -0.379 e. The number of carbonyl (C=O) groups is 2. The zero-order valence-electron chi connectivity index (χ0n) is 15.4. The summed E-state index contributed by atoms with van der Waals surface area (Å²) in [4.78, 5) is 23.3. The maximum absolute atomic E-state index is 12.8. The lowest BCUT2D eigenvalue weighted by Crippen LogP contribution is -2.36. The van der Waals surface area contributed by atoms with Crippen LogP contribution in [0.5, 0.6) is 0 Å². The summed E-state index contributed by atoms with van der Waals surface area (Å²) in [5.41, 5.74) is 6.05. The molecule has 27 heavy (non-hydrogen) atoms. The quantitative estimate of drug-likeness (QED) is 0.365. The van der Waals surface area contributed by atoms with E-state index in [1.807, 2.05) is 0 Å². The predicted octanol–water partition coefficient (Wildman–Crippen LogP) is -0.0433. The molecule has 2 amide bonds. The molecule has 0 saturated carbocycles. The number of benzene rings is 1. The lowest BCUT2D eigenvalue weighted by molar-refractivity contribution is -0.126. The summed E-state index contributed by atoms with van der Waals surface area (Å²) in [5.74, 6) is -0.926. The van der Waals surface area contributed by atoms with E-state index in [0.717, 1.165) is 5.56 Å². The van der Waals surface area contributed by atoms with Crippen LogP contribution in [0.25, 0.3) is 0 Å². The summed E-state index contributed by atoms with van der Waals surface area (Å²) >= 11 is 0. The molecule has 4 N–H and O–H groups in total. The number of carbonyl (C=O) groups excluding carboxylic acids is 2. The van der Waals surface area contributed by atoms with Crippen LogP contribution in [0.3, 0.4) is 0 Å². The number of amides is 2. The van der Waals surface area contributed by atoms with Crippen molar-refractivity contribution in [3.63, 3.8) is 0 Å². The molecule has 0 saturated heterocycles. The first-order chi connectivity index (χ1) is 13.1. The first kappa shape index (κ1) is 23.0. The van der Waals surface area contributed by atoms with E-state index in [1.54, 1.807) is 12.1 Å². The Labute approximate surface area is 158 Å². The van der Waals surface area contributed by atoms with Gasteiger partial charge < -0.3 is 30.6 Å². The molecule has 0 heterocycles. The van der Waals surface area contributed by atoms with E-state index in [0.29, 0.717) is 39.6 Å². The van der Waals surface area contributed by atoms with Gasteiger partial charge in [0.1, 0.15) is 5.82 Å². The Bertz CT molecular complexity index is 542. The van der Waals surface area contributed by atoms with Crippen molar-refractivity contribution >= 4 is 11.8 Å². The van der Waals surface area contributed by atoms with Crippen molar-refractivity contribution < 1.29 is 28.2 Å². The predicted molar refractivity (Wildman–Crippen MR) is 97.4 cm³/mol. The largest absolute Gasteiger partial charge is 0.379 e. The standard InChI is InChI=1S/C18H28FN3O5/c19-16-3-1-15(2-4-16)13-21-18(24)14-22-17(23)5-7-25-9-11-27-12-10-26-8-6-20/h1-4H,5-14,20H2,(H,21,24)(H,22,23). The third-order valence-electron chi connectivity index (χ3n) is 3.33. The van der Waals surface area contributed by atoms with Crippen molar-refractivity contribution in [2.24, 2.45) is 5.73 Å². The molecule has 0 aliphatic heterocycles. The minimum atomic E-state index is -0.331. The van der Waals surface area contributed by atoms with Gasteiger partial charge in [0.25, 0.3) is 0 Å². The van der Waals surface area contributed by atoms with E-state index in [1.165, 1.54) is 12.1 Å². The molecular weight excluding hydrogens is 357 g/mol. The Balaban J connectivity index is 1.94. The Kier molecular flexibility index (Phi) is 12.8. The molecule has 0 aromatic heterocycles. The van der Waals surface area contributed by atoms with Gasteiger partial charge in [0, 0.05) is 19.5 Å². The van der Waals surface area contributed by atoms with Crippen LogP contribution in [0.2, 0.25) is 0 Å². The molecule has 0 spiro atoms. The summed E-state index contributed by atoms with van der Waals surface area (Å²) in [7, 11) is 0. The number of hydrogen-bond acceptors (Lipinski definition) is 6. The molecule has 0 atom stereocenters. The van der Waals surface area contributed by atoms with Crippen molar-refractivity contribution in [3.8, 4) is 0 Å². The highest BCUT2D eigenvalue weighted by Gasteiger charge is 2.05. The molecule has 1 rings (SSSR count). The highest BCUT2D eigenvalue weighted by atomic mass is 19.1. The fourth-order valence-electron chi connectivity index (χ4n) is 1.92. The van der Waals surface area contributed by atoms with Crippen LogP contribution in [0.1, 0.15) is 12.0 Å². The van der Waals surface area contributed by atoms with Crippen LogP contribution in [0.15, 0.2) is 24.3 Å². The molecule has 9 heteroatoms. The highest BCUT2D eigenvalue weighted by molar-refractivity contribution is 5.84. The fraction of sp³-hybridized carbons (Fsp3) is 0.556. The Hall–Kier alpha value is -2.07. The molecule has 0 bridgehead atoms. The van der Waals surface area contributed by atoms with E-state index in [-0.39, 0.29) is 43.7 Å². The van der Waals surface area contributed by atoms with E-state index in [2.05, 4.69) is 10.6 Å². The third-order valence-corrected chi connectivity index (χ3v) is 3.33. The van der Waals surface area contributed by atoms with Gasteiger partial charge in [-0.25, -0.2) is 4.39 Å². The van der Waals surface area contributed by atoms with Crippen LogP contribution in [0.4, 0.5) is 4.39 Å². The maximum atomic E-state index is 12.8. The van der Waals surface area contributed by atoms with Crippen LogP contribution >= 0.6 is 0 Å². The molecule has 8 nitrogen and oxygen atoms in total. The minimum absolute atomic E-state index is 0.119. The van der Waals surface area contributed by atoms with Gasteiger partial charge in [0.05, 0.1) is 46.2 Å². The van der Waals surface area contributed by atoms with Gasteiger partial charge in [-0.05, 0) is 17.7 Å². The van der Waals surface area contributed by atoms with Crippen LogP contribution in [0, 0.1) is 5.82 Å². The summed E-state index contributed by atoms with van der Waals surface area (Å²) in [5, 5.41) is 5.15. The monoisotopic (exact) mass is 385 g/mol. The zero-order chi connectivity index (χ0) is 19.7. The number of hydrogen-bond donors (Lipinski definition) is 3. The zero-order valence-corrected chi connectivity index (χ0v) is 15.4. The van der Waals surface area contributed by atoms with Crippen molar-refractivity contribution in [2.75, 3.05) is 52.7 Å². The Morgan fingerprint density at radius 3 is 2.07 bits per heavy atom. The summed E-state index contributed by atoms with van der Waals surface area (Å²) < 4.78 is 28.5. The molecule has 1 aromatic rings. The summed E-state index contributed by atoms with van der Waals surface area (Å²) in [6.45, 7) is 3.15. The molecular formula is C18H28FN3O5. The first-order valence-corrected chi connectivity index (χ1v) is 8.83. The lowest BCUT2D eigenvalue weighted by Gasteiger charge is -2.08. The van der Waals surface area contributed by atoms with Gasteiger partial charge in [-0.1, -0.05) is 12.1 Å². The van der Waals surface area contributed by atoms with Gasteiger partial charge in [-0.15, -0.1) is 0 Å². The normalized spacial score (nSPS) is 10.6. The van der Waals surface area contributed by atoms with Crippen molar-refractivity contribution in [1.29, 1.82) is 0 Å². The molecule has 0 unspecified atom stereocenters. The van der Waals surface area contributed by atoms with Crippen molar-refractivity contribution in [2.45, 2.75) is 13.0 Å². The molecule has 1 aromatic carbocycles. The molecule has 0 aliphatic carbocycles. The molecule has 0 radical (unpaired) electrons. The summed E-state index contributed by atoms with van der Waals surface area (Å²) in [6, 6.07) is 5.82. The number of halogens is 1. The smallest absolute Gasteiger partial charge is 0.239 e. The second-order valence-corrected chi connectivity index (χ2v) is 5.56. The number of ether oxygens (including phenoxy) is 3. The number of nitrogens with two attached hydrogens (primary N) is 1. The van der Waals surface area contributed by atoms with Gasteiger partial charge >= 0.3 is 0 Å². The average molecular weight is 385 g/mol. The Morgan fingerprint density at radius 2 is 1.44 bits per heavy atom. The van der Waals surface area contributed by atoms with Crippen LogP contribution in [-0.4, -0.2) is 64.5 Å². The van der Waals surface area contributed by atoms with Gasteiger partial charge in [-0.3, -0.25) is 9.59 Å². The van der Waals surface area contributed by atoms with E-state index in [9.17, 15) is 14.0 Å². The van der Waals surface area contributed by atoms with Crippen LogP contribution in [-0.2, 0) is 30.3 Å². The summed E-state index contributed by atoms with van der Waals surface area (Å²) in [6.07, 6.45) is 0.158. The highest BCUT2D eigenvalue weighted by Crippen LogP contribution is 2.01. The van der Waals surface area contributed by atoms with E-state index in [4.69, 9.17) is 19.9 Å². The van der Waals surface area contributed by atoms with E-state index >= 15 is 0 Å². The van der Waals surface area contributed by atoms with Gasteiger partial charge in [0.2, 0.25) is 11.8 Å². The van der Waals surface area contributed by atoms with Crippen molar-refractivity contribution in [1.82, 2.24) is 10.6 Å². The second kappa shape index (κ2) is 15.0. The number of nitrogens with one attached hydrogen (secondary N) is 2. The molecule has 0 fully saturated rings. The van der Waals surface area contributed by atoms with Crippen LogP contribution < -0.4 is 16.4 Å². The third kappa shape index (κ3) is 12.8. The molecule has 152 valence electrons. The molecule has 0 aliphatic rings. The Morgan fingerprint density at radius 1 is 0.852 bits per heavy atom. The topological polar surface area (TPSA) is 112 Å². The SMILES string of the molecule is NCCOCCOCCOCCC(=O)NCC(=O)NCc1ccc(F)cc1. The average Bonchev–Trinajstić information content (AvgIpc) is 2.67. The number of rotatable bonds is 15. The second-order valence-electron chi connectivity index (χ2n) is 5.56. The first-order valence-electron chi connectivity index (χ1n) is 8.83. The van der Waals surface area contributed by atoms with Gasteiger partial charge in [-0.2, -0.15) is 0 Å².